The van der Waals surface area contributed by atoms with Crippen LogP contribution in [0.1, 0.15) is 0 Å². The van der Waals surface area contributed by atoms with Gasteiger partial charge in [-0.15, -0.1) is 5.11 Å². The quantitative estimate of drug-likeness (QED) is 0.521. The highest BCUT2D eigenvalue weighted by Gasteiger charge is 2.31. The lowest BCUT2D eigenvalue weighted by Crippen LogP contribution is -1.96. The molecule has 0 bridgehead atoms. The summed E-state index contributed by atoms with van der Waals surface area (Å²) in [6.45, 7) is 0. The second-order valence-electron chi connectivity index (χ2n) is 3.85. The molecule has 0 radical (unpaired) electrons. The van der Waals surface area contributed by atoms with Crippen molar-refractivity contribution in [3.05, 3.63) is 62.7 Å². The van der Waals surface area contributed by atoms with Gasteiger partial charge in [0.1, 0.15) is 5.69 Å². The van der Waals surface area contributed by atoms with Crippen molar-refractivity contribution >= 4 is 22.7 Å². The average Bonchev–Trinajstić information content (AvgIpc) is 2.46. The fraction of sp³-hybridized carbons (Fsp3) is 0. The summed E-state index contributed by atoms with van der Waals surface area (Å²) in [6, 6.07) is 10.5. The van der Waals surface area contributed by atoms with E-state index in [1.807, 2.05) is 0 Å². The SMILES string of the molecule is O=[N+]([O-])c1ccc(N=Nc2ccccc2)c(O)c1[N+](=O)[O-]. The second kappa shape index (κ2) is 5.74. The fourth-order valence-corrected chi connectivity index (χ4v) is 1.57. The molecular formula is C12H8N4O5. The van der Waals surface area contributed by atoms with Gasteiger partial charge in [0.25, 0.3) is 0 Å². The Morgan fingerprint density at radius 3 is 2.14 bits per heavy atom. The third kappa shape index (κ3) is 2.97. The fourth-order valence-electron chi connectivity index (χ4n) is 1.57. The van der Waals surface area contributed by atoms with Crippen LogP contribution >= 0.6 is 0 Å². The van der Waals surface area contributed by atoms with Crippen molar-refractivity contribution in [2.24, 2.45) is 10.2 Å². The number of nitro benzene ring substituents is 2. The summed E-state index contributed by atoms with van der Waals surface area (Å²) >= 11 is 0. The molecule has 1 N–H and O–H groups in total. The van der Waals surface area contributed by atoms with E-state index in [0.717, 1.165) is 12.1 Å². The zero-order chi connectivity index (χ0) is 15.4. The number of phenolic OH excluding ortho intramolecular Hbond substituents is 1. The number of nitro groups is 2. The third-order valence-corrected chi connectivity index (χ3v) is 2.52. The number of hydrogen-bond donors (Lipinski definition) is 1. The maximum Gasteiger partial charge on any atom is 0.389 e. The topological polar surface area (TPSA) is 131 Å². The molecule has 2 rings (SSSR count). The van der Waals surface area contributed by atoms with Crippen LogP contribution in [0.15, 0.2) is 52.7 Å². The van der Waals surface area contributed by atoms with Gasteiger partial charge in [-0.05, 0) is 18.2 Å². The van der Waals surface area contributed by atoms with E-state index in [4.69, 9.17) is 0 Å². The van der Waals surface area contributed by atoms with Gasteiger partial charge in [-0.3, -0.25) is 20.2 Å². The molecule has 0 saturated heterocycles. The van der Waals surface area contributed by atoms with E-state index in [2.05, 4.69) is 10.2 Å². The maximum atomic E-state index is 10.8. The number of rotatable bonds is 4. The first-order chi connectivity index (χ1) is 10.0. The van der Waals surface area contributed by atoms with E-state index in [1.54, 1.807) is 30.3 Å². The lowest BCUT2D eigenvalue weighted by Gasteiger charge is -2.00. The molecule has 0 aliphatic heterocycles. The van der Waals surface area contributed by atoms with Crippen molar-refractivity contribution in [3.8, 4) is 5.75 Å². The number of aromatic hydroxyl groups is 1. The molecule has 2 aromatic rings. The van der Waals surface area contributed by atoms with Crippen LogP contribution < -0.4 is 0 Å². The molecule has 2 aromatic carbocycles. The first-order valence-corrected chi connectivity index (χ1v) is 5.62. The number of azo groups is 1. The van der Waals surface area contributed by atoms with Gasteiger partial charge in [-0.2, -0.15) is 5.11 Å². The Morgan fingerprint density at radius 2 is 1.57 bits per heavy atom. The zero-order valence-corrected chi connectivity index (χ0v) is 10.4. The Labute approximate surface area is 117 Å². The summed E-state index contributed by atoms with van der Waals surface area (Å²) in [5.41, 5.74) is -1.57. The molecule has 0 saturated carbocycles. The molecule has 0 fully saturated rings. The largest absolute Gasteiger partial charge is 0.500 e. The minimum Gasteiger partial charge on any atom is -0.500 e. The van der Waals surface area contributed by atoms with E-state index in [1.165, 1.54) is 0 Å². The zero-order valence-electron chi connectivity index (χ0n) is 10.4. The van der Waals surface area contributed by atoms with Gasteiger partial charge in [0.15, 0.2) is 0 Å². The monoisotopic (exact) mass is 288 g/mol. The van der Waals surface area contributed by atoms with Crippen LogP contribution in [0.25, 0.3) is 0 Å². The first kappa shape index (κ1) is 14.1. The van der Waals surface area contributed by atoms with E-state index in [-0.39, 0.29) is 5.69 Å². The molecule has 0 aromatic heterocycles. The minimum atomic E-state index is -1.03. The molecule has 106 valence electrons. The van der Waals surface area contributed by atoms with Crippen LogP contribution in [0, 0.1) is 20.2 Å². The summed E-state index contributed by atoms with van der Waals surface area (Å²) < 4.78 is 0. The minimum absolute atomic E-state index is 0.226. The molecule has 21 heavy (non-hydrogen) atoms. The first-order valence-electron chi connectivity index (χ1n) is 5.62. The van der Waals surface area contributed by atoms with E-state index in [0.29, 0.717) is 5.69 Å². The van der Waals surface area contributed by atoms with Crippen LogP contribution in [-0.4, -0.2) is 15.0 Å². The van der Waals surface area contributed by atoms with E-state index >= 15 is 0 Å². The van der Waals surface area contributed by atoms with Crippen LogP contribution in [0.4, 0.5) is 22.7 Å². The molecule has 0 amide bonds. The molecular weight excluding hydrogens is 280 g/mol. The predicted octanol–water partition coefficient (Wildman–Crippen LogP) is 3.62. The van der Waals surface area contributed by atoms with Crippen LogP contribution in [0.3, 0.4) is 0 Å². The standard InChI is InChI=1S/C12H8N4O5/c17-12-9(14-13-8-4-2-1-3-5-8)6-7-10(15(18)19)11(12)16(20)21/h1-7,17H. The lowest BCUT2D eigenvalue weighted by atomic mass is 10.2. The Bertz CT molecular complexity index is 730. The number of hydrogen-bond acceptors (Lipinski definition) is 7. The number of nitrogens with zero attached hydrogens (tertiary/aromatic N) is 4. The Morgan fingerprint density at radius 1 is 0.905 bits per heavy atom. The lowest BCUT2D eigenvalue weighted by molar-refractivity contribution is -0.423. The van der Waals surface area contributed by atoms with Crippen molar-refractivity contribution in [1.82, 2.24) is 0 Å². The van der Waals surface area contributed by atoms with Gasteiger partial charge in [0.05, 0.1) is 15.5 Å². The highest BCUT2D eigenvalue weighted by Crippen LogP contribution is 2.42. The van der Waals surface area contributed by atoms with Crippen LogP contribution in [0.2, 0.25) is 0 Å². The highest BCUT2D eigenvalue weighted by molar-refractivity contribution is 5.71. The van der Waals surface area contributed by atoms with Crippen LogP contribution in [0.5, 0.6) is 5.75 Å². The molecule has 0 atom stereocenters. The van der Waals surface area contributed by atoms with Crippen molar-refractivity contribution in [1.29, 1.82) is 0 Å². The van der Waals surface area contributed by atoms with Gasteiger partial charge in [-0.1, -0.05) is 18.2 Å². The van der Waals surface area contributed by atoms with E-state index in [9.17, 15) is 25.3 Å². The molecule has 0 unspecified atom stereocenters. The predicted molar refractivity (Wildman–Crippen MR) is 72.0 cm³/mol. The average molecular weight is 288 g/mol. The Kier molecular flexibility index (Phi) is 3.84. The van der Waals surface area contributed by atoms with Gasteiger partial charge in [0.2, 0.25) is 5.75 Å². The van der Waals surface area contributed by atoms with Crippen molar-refractivity contribution in [2.75, 3.05) is 0 Å². The van der Waals surface area contributed by atoms with Gasteiger partial charge < -0.3 is 5.11 Å². The second-order valence-corrected chi connectivity index (χ2v) is 3.85. The Balaban J connectivity index is 2.47. The van der Waals surface area contributed by atoms with Crippen molar-refractivity contribution in [2.45, 2.75) is 0 Å². The van der Waals surface area contributed by atoms with Crippen molar-refractivity contribution < 1.29 is 15.0 Å². The van der Waals surface area contributed by atoms with E-state index < -0.39 is 27.0 Å². The maximum absolute atomic E-state index is 10.8. The van der Waals surface area contributed by atoms with Gasteiger partial charge in [0, 0.05) is 6.07 Å². The highest BCUT2D eigenvalue weighted by atomic mass is 16.6. The molecule has 0 heterocycles. The summed E-state index contributed by atoms with van der Waals surface area (Å²) in [6.07, 6.45) is 0. The smallest absolute Gasteiger partial charge is 0.389 e. The molecule has 0 aliphatic carbocycles. The molecule has 0 aliphatic rings. The summed E-state index contributed by atoms with van der Waals surface area (Å²) in [5.74, 6) is -0.895. The summed E-state index contributed by atoms with van der Waals surface area (Å²) in [7, 11) is 0. The summed E-state index contributed by atoms with van der Waals surface area (Å²) in [4.78, 5) is 19.6. The van der Waals surface area contributed by atoms with Crippen molar-refractivity contribution in [3.63, 3.8) is 0 Å². The molecule has 9 heteroatoms. The van der Waals surface area contributed by atoms with Gasteiger partial charge in [-0.25, -0.2) is 0 Å². The third-order valence-electron chi connectivity index (χ3n) is 2.52. The number of benzene rings is 2. The Hall–Kier alpha value is -3.36. The normalized spacial score (nSPS) is 10.7. The van der Waals surface area contributed by atoms with Crippen LogP contribution in [-0.2, 0) is 0 Å². The van der Waals surface area contributed by atoms with Gasteiger partial charge >= 0.3 is 11.4 Å². The molecule has 9 nitrogen and oxygen atoms in total. The molecule has 0 spiro atoms. The number of phenols is 1. The summed E-state index contributed by atoms with van der Waals surface area (Å²) in [5, 5.41) is 38.8.